The molecule has 1 unspecified atom stereocenters. The van der Waals surface area contributed by atoms with E-state index in [1.54, 1.807) is 0 Å². The molecule has 2 atom stereocenters. The molecule has 0 aliphatic heterocycles. The van der Waals surface area contributed by atoms with Crippen molar-refractivity contribution in [1.82, 2.24) is 0 Å². The molecule has 54 heavy (non-hydrogen) atoms. The lowest BCUT2D eigenvalue weighted by Gasteiger charge is -2.19. The summed E-state index contributed by atoms with van der Waals surface area (Å²) in [4.78, 5) is 22.4. The number of esters is 1. The Balaban J connectivity index is 4.24. The van der Waals surface area contributed by atoms with Gasteiger partial charge in [0.05, 0.1) is 26.4 Å². The van der Waals surface area contributed by atoms with Gasteiger partial charge in [0.15, 0.2) is 0 Å². The van der Waals surface area contributed by atoms with Crippen molar-refractivity contribution in [2.45, 2.75) is 161 Å². The van der Waals surface area contributed by atoms with Gasteiger partial charge in [-0.2, -0.15) is 0 Å². The Hall–Kier alpha value is -2.32. The highest BCUT2D eigenvalue weighted by atomic mass is 31.2. The van der Waals surface area contributed by atoms with Crippen LogP contribution < -0.4 is 5.73 Å². The minimum Gasteiger partial charge on any atom is -0.457 e. The summed E-state index contributed by atoms with van der Waals surface area (Å²) >= 11 is 0. The monoisotopic (exact) mass is 777 g/mol. The first-order chi connectivity index (χ1) is 26.4. The van der Waals surface area contributed by atoms with E-state index in [1.807, 2.05) is 18.2 Å². The van der Waals surface area contributed by atoms with E-state index in [2.05, 4.69) is 86.4 Å². The zero-order valence-corrected chi connectivity index (χ0v) is 35.2. The summed E-state index contributed by atoms with van der Waals surface area (Å²) in [5, 5.41) is 0. The highest BCUT2D eigenvalue weighted by molar-refractivity contribution is 7.47. The molecule has 0 heterocycles. The fraction of sp³-hybridized carbons (Fsp3) is 0.667. The zero-order chi connectivity index (χ0) is 39.5. The predicted molar refractivity (Wildman–Crippen MR) is 227 cm³/mol. The molecule has 0 aliphatic carbocycles. The number of ether oxygens (including phenoxy) is 2. The van der Waals surface area contributed by atoms with Gasteiger partial charge >= 0.3 is 13.8 Å². The van der Waals surface area contributed by atoms with E-state index in [0.717, 1.165) is 51.4 Å². The van der Waals surface area contributed by atoms with E-state index < -0.39 is 19.9 Å². The van der Waals surface area contributed by atoms with Crippen LogP contribution in [-0.4, -0.2) is 49.9 Å². The molecule has 310 valence electrons. The van der Waals surface area contributed by atoms with E-state index in [4.69, 9.17) is 18.5 Å². The topological polar surface area (TPSA) is 119 Å². The third-order valence-corrected chi connectivity index (χ3v) is 9.38. The minimum absolute atomic E-state index is 0.00919. The van der Waals surface area contributed by atoms with Gasteiger partial charge in [-0.3, -0.25) is 13.8 Å². The summed E-state index contributed by atoms with van der Waals surface area (Å²) < 4.78 is 33.3. The van der Waals surface area contributed by atoms with Crippen molar-refractivity contribution in [3.63, 3.8) is 0 Å². The van der Waals surface area contributed by atoms with Crippen molar-refractivity contribution in [3.05, 3.63) is 85.1 Å². The molecule has 0 saturated carbocycles. The fourth-order valence-electron chi connectivity index (χ4n) is 5.33. The number of unbranched alkanes of at least 4 members (excludes halogenated alkanes) is 13. The SMILES string of the molecule is CC/C=C\C/C=C\C/C=C\C/C=C\C/C=C\C/C=C\CCC(=O)O[C@H](COC/C=C/CCCCCCCCCCCCCCC)COP(=O)(O)OCC[NH3+]. The van der Waals surface area contributed by atoms with Crippen molar-refractivity contribution in [1.29, 1.82) is 0 Å². The predicted octanol–water partition coefficient (Wildman–Crippen LogP) is 11.8. The zero-order valence-electron chi connectivity index (χ0n) is 34.3. The molecule has 0 aromatic heterocycles. The van der Waals surface area contributed by atoms with Crippen molar-refractivity contribution >= 4 is 13.8 Å². The Morgan fingerprint density at radius 1 is 0.593 bits per heavy atom. The first-order valence-electron chi connectivity index (χ1n) is 21.2. The smallest absolute Gasteiger partial charge is 0.457 e. The molecule has 0 aromatic carbocycles. The number of phosphoric ester groups is 1. The molecular formula is C45H79NO7P+. The molecule has 0 rings (SSSR count). The Labute approximate surface area is 330 Å². The molecule has 0 fully saturated rings. The van der Waals surface area contributed by atoms with E-state index in [1.165, 1.54) is 77.0 Å². The van der Waals surface area contributed by atoms with Crippen LogP contribution in [0.4, 0.5) is 0 Å². The van der Waals surface area contributed by atoms with Crippen LogP contribution in [0, 0.1) is 0 Å². The summed E-state index contributed by atoms with van der Waals surface area (Å²) in [5.41, 5.74) is 3.60. The maximum atomic E-state index is 12.5. The molecular weight excluding hydrogens is 697 g/mol. The molecule has 0 aliphatic rings. The lowest BCUT2D eigenvalue weighted by Crippen LogP contribution is -2.52. The van der Waals surface area contributed by atoms with Crippen molar-refractivity contribution in [2.24, 2.45) is 0 Å². The number of quaternary nitrogens is 1. The second kappa shape index (κ2) is 41.8. The molecule has 8 nitrogen and oxygen atoms in total. The third-order valence-electron chi connectivity index (χ3n) is 8.39. The maximum absolute atomic E-state index is 12.5. The minimum atomic E-state index is -4.27. The Morgan fingerprint density at radius 3 is 1.56 bits per heavy atom. The van der Waals surface area contributed by atoms with Crippen LogP contribution in [0.5, 0.6) is 0 Å². The number of phosphoric acid groups is 1. The number of carbonyl (C=O) groups excluding carboxylic acids is 1. The van der Waals surface area contributed by atoms with Crippen molar-refractivity contribution in [3.8, 4) is 0 Å². The van der Waals surface area contributed by atoms with Gasteiger partial charge < -0.3 is 20.1 Å². The molecule has 0 aromatic rings. The lowest BCUT2D eigenvalue weighted by atomic mass is 10.0. The highest BCUT2D eigenvalue weighted by Crippen LogP contribution is 2.43. The number of hydrogen-bond donors (Lipinski definition) is 2. The Kier molecular flexibility index (Phi) is 40.0. The lowest BCUT2D eigenvalue weighted by molar-refractivity contribution is -0.371. The summed E-state index contributed by atoms with van der Waals surface area (Å²) in [6.45, 7) is 4.83. The first-order valence-corrected chi connectivity index (χ1v) is 22.7. The van der Waals surface area contributed by atoms with E-state index in [-0.39, 0.29) is 26.2 Å². The van der Waals surface area contributed by atoms with Gasteiger partial charge in [-0.1, -0.05) is 176 Å². The van der Waals surface area contributed by atoms with Gasteiger partial charge in [-0.15, -0.1) is 0 Å². The van der Waals surface area contributed by atoms with Gasteiger partial charge in [0.2, 0.25) is 0 Å². The second-order valence-electron chi connectivity index (χ2n) is 13.6. The van der Waals surface area contributed by atoms with E-state index in [9.17, 15) is 14.3 Å². The number of rotatable bonds is 39. The largest absolute Gasteiger partial charge is 0.472 e. The fourth-order valence-corrected chi connectivity index (χ4v) is 6.12. The molecule has 4 N–H and O–H groups in total. The molecule has 0 radical (unpaired) electrons. The van der Waals surface area contributed by atoms with Crippen LogP contribution in [0.25, 0.3) is 0 Å². The van der Waals surface area contributed by atoms with Crippen LogP contribution >= 0.6 is 7.82 Å². The van der Waals surface area contributed by atoms with E-state index >= 15 is 0 Å². The van der Waals surface area contributed by atoms with Crippen molar-refractivity contribution < 1.29 is 38.5 Å². The highest BCUT2D eigenvalue weighted by Gasteiger charge is 2.25. The quantitative estimate of drug-likeness (QED) is 0.0276. The molecule has 0 saturated heterocycles. The number of carbonyl (C=O) groups is 1. The summed E-state index contributed by atoms with van der Waals surface area (Å²) in [6, 6.07) is 0. The van der Waals surface area contributed by atoms with Crippen LogP contribution in [0.15, 0.2) is 85.1 Å². The van der Waals surface area contributed by atoms with Gasteiger partial charge in [0.25, 0.3) is 0 Å². The van der Waals surface area contributed by atoms with Crippen LogP contribution in [0.1, 0.15) is 155 Å². The Morgan fingerprint density at radius 2 is 1.06 bits per heavy atom. The van der Waals surface area contributed by atoms with Gasteiger partial charge in [-0.05, 0) is 57.8 Å². The normalized spacial score (nSPS) is 14.4. The maximum Gasteiger partial charge on any atom is 0.472 e. The summed E-state index contributed by atoms with van der Waals surface area (Å²) in [5.74, 6) is -0.420. The van der Waals surface area contributed by atoms with Crippen LogP contribution in [-0.2, 0) is 27.9 Å². The van der Waals surface area contributed by atoms with Crippen LogP contribution in [0.2, 0.25) is 0 Å². The van der Waals surface area contributed by atoms with Gasteiger partial charge in [0, 0.05) is 6.42 Å². The average molecular weight is 777 g/mol. The first kappa shape index (κ1) is 51.7. The van der Waals surface area contributed by atoms with Gasteiger partial charge in [0.1, 0.15) is 12.7 Å². The second-order valence-corrected chi connectivity index (χ2v) is 15.0. The Bertz CT molecular complexity index is 1100. The van der Waals surface area contributed by atoms with Crippen LogP contribution in [0.3, 0.4) is 0 Å². The third kappa shape index (κ3) is 40.9. The number of allylic oxidation sites excluding steroid dienone is 13. The molecule has 0 spiro atoms. The molecule has 0 bridgehead atoms. The van der Waals surface area contributed by atoms with Gasteiger partial charge in [-0.25, -0.2) is 4.57 Å². The standard InChI is InChI=1S/C45H78NO7P/c1-3-5-7-9-11-13-15-17-19-21-22-23-24-26-28-30-32-34-36-38-45(47)53-44(43-52-54(48,49)51-41-39-46)42-50-40-37-35-33-31-29-27-25-20-18-16-14-12-10-8-6-4-2/h5,7,11,13,17,19,22-23,26,28,32,34-35,37,44H,3-4,6,8-10,12,14-16,18,20-21,24-25,27,29-31,33,36,38-43,46H2,1-2H3,(H,48,49)/p+1/b7-5-,13-11-,19-17-,23-22-,28-26-,34-32-,37-35+/t44-/m1/s1. The van der Waals surface area contributed by atoms with E-state index in [0.29, 0.717) is 19.6 Å². The van der Waals surface area contributed by atoms with Crippen molar-refractivity contribution in [2.75, 3.05) is 33.0 Å². The summed E-state index contributed by atoms with van der Waals surface area (Å²) in [6.07, 6.45) is 53.8. The summed E-state index contributed by atoms with van der Waals surface area (Å²) in [7, 11) is -4.27. The molecule has 0 amide bonds. The number of hydrogen-bond acceptors (Lipinski definition) is 6. The molecule has 9 heteroatoms. The average Bonchev–Trinajstić information content (AvgIpc) is 3.16.